The Bertz CT molecular complexity index is 711. The Balaban J connectivity index is 0.00000147. The van der Waals surface area contributed by atoms with E-state index in [1.54, 1.807) is 12.3 Å². The quantitative estimate of drug-likeness (QED) is 0.626. The maximum atomic E-state index is 9.50. The van der Waals surface area contributed by atoms with Gasteiger partial charge >= 0.3 is 0 Å². The zero-order valence-electron chi connectivity index (χ0n) is 10.4. The summed E-state index contributed by atoms with van der Waals surface area (Å²) in [5.41, 5.74) is 2.46. The van der Waals surface area contributed by atoms with Gasteiger partial charge in [-0.25, -0.2) is 4.98 Å². The first-order valence-electron chi connectivity index (χ1n) is 5.87. The predicted molar refractivity (Wildman–Crippen MR) is 83.1 cm³/mol. The van der Waals surface area contributed by atoms with E-state index in [0.717, 1.165) is 17.0 Å². The van der Waals surface area contributed by atoms with Gasteiger partial charge in [-0.05, 0) is 18.2 Å². The van der Waals surface area contributed by atoms with Crippen molar-refractivity contribution in [3.8, 4) is 34.1 Å². The van der Waals surface area contributed by atoms with Gasteiger partial charge in [0.2, 0.25) is 0 Å². The van der Waals surface area contributed by atoms with Gasteiger partial charge in [0, 0.05) is 17.3 Å². The molecule has 0 radical (unpaired) electrons. The number of imidazole rings is 1. The number of aromatic amines is 1. The zero-order chi connectivity index (χ0) is 13.2. The monoisotopic (exact) mass is 332 g/mol. The normalized spacial score (nSPS) is 10.0. The molecule has 0 fully saturated rings. The number of halogens is 1. The molecule has 0 aliphatic rings. The molecule has 102 valence electrons. The minimum Gasteiger partial charge on any atom is -0.504 e. The van der Waals surface area contributed by atoms with Gasteiger partial charge in [0.25, 0.3) is 0 Å². The molecule has 5 heteroatoms. The van der Waals surface area contributed by atoms with E-state index in [9.17, 15) is 10.2 Å². The van der Waals surface area contributed by atoms with Gasteiger partial charge in [0.15, 0.2) is 11.5 Å². The minimum absolute atomic E-state index is 0. The van der Waals surface area contributed by atoms with Gasteiger partial charge in [-0.3, -0.25) is 0 Å². The van der Waals surface area contributed by atoms with Crippen molar-refractivity contribution in [2.45, 2.75) is 0 Å². The molecular formula is C15H13BrN2O2. The Morgan fingerprint density at radius 1 is 0.850 bits per heavy atom. The molecule has 0 saturated carbocycles. The third-order valence-electron chi connectivity index (χ3n) is 2.90. The molecule has 2 aromatic carbocycles. The average Bonchev–Trinajstić information content (AvgIpc) is 2.93. The second-order valence-corrected chi connectivity index (χ2v) is 4.20. The highest BCUT2D eigenvalue weighted by molar-refractivity contribution is 8.93. The number of hydrogen-bond donors (Lipinski definition) is 3. The molecule has 20 heavy (non-hydrogen) atoms. The van der Waals surface area contributed by atoms with E-state index in [4.69, 9.17) is 0 Å². The number of aromatic hydroxyl groups is 2. The number of nitrogens with zero attached hydrogens (tertiary/aromatic N) is 1. The second kappa shape index (κ2) is 5.79. The molecule has 1 aromatic heterocycles. The van der Waals surface area contributed by atoms with Crippen molar-refractivity contribution in [1.29, 1.82) is 0 Å². The summed E-state index contributed by atoms with van der Waals surface area (Å²) in [7, 11) is 0. The third-order valence-corrected chi connectivity index (χ3v) is 2.90. The molecule has 0 saturated heterocycles. The van der Waals surface area contributed by atoms with Crippen LogP contribution in [0.3, 0.4) is 0 Å². The topological polar surface area (TPSA) is 69.1 Å². The van der Waals surface area contributed by atoms with Gasteiger partial charge in [-0.15, -0.1) is 17.0 Å². The van der Waals surface area contributed by atoms with Crippen molar-refractivity contribution in [3.05, 3.63) is 54.7 Å². The largest absolute Gasteiger partial charge is 0.504 e. The number of phenols is 2. The maximum Gasteiger partial charge on any atom is 0.158 e. The number of H-pyrrole nitrogens is 1. The van der Waals surface area contributed by atoms with Gasteiger partial charge in [-0.2, -0.15) is 0 Å². The minimum atomic E-state index is -0.151. The summed E-state index contributed by atoms with van der Waals surface area (Å²) >= 11 is 0. The lowest BCUT2D eigenvalue weighted by molar-refractivity contribution is 0.404. The highest BCUT2D eigenvalue weighted by atomic mass is 79.9. The lowest BCUT2D eigenvalue weighted by Crippen LogP contribution is -1.80. The lowest BCUT2D eigenvalue weighted by Gasteiger charge is -2.00. The molecule has 0 unspecified atom stereocenters. The van der Waals surface area contributed by atoms with Crippen LogP contribution >= 0.6 is 17.0 Å². The number of aromatic nitrogens is 2. The van der Waals surface area contributed by atoms with Gasteiger partial charge < -0.3 is 15.2 Å². The van der Waals surface area contributed by atoms with Gasteiger partial charge in [-0.1, -0.05) is 30.3 Å². The van der Waals surface area contributed by atoms with Crippen LogP contribution in [0.15, 0.2) is 54.7 Å². The number of hydrogen-bond acceptors (Lipinski definition) is 3. The molecule has 3 aromatic rings. The Hall–Kier alpha value is -2.27. The van der Waals surface area contributed by atoms with E-state index in [1.807, 2.05) is 30.3 Å². The highest BCUT2D eigenvalue weighted by Crippen LogP contribution is 2.30. The van der Waals surface area contributed by atoms with Crippen LogP contribution in [-0.2, 0) is 0 Å². The summed E-state index contributed by atoms with van der Waals surface area (Å²) in [6.45, 7) is 0. The Labute approximate surface area is 126 Å². The third kappa shape index (κ3) is 2.67. The summed E-state index contributed by atoms with van der Waals surface area (Å²) < 4.78 is 0. The van der Waals surface area contributed by atoms with Crippen LogP contribution in [0.25, 0.3) is 22.6 Å². The van der Waals surface area contributed by atoms with Crippen LogP contribution in [0, 0.1) is 0 Å². The first kappa shape index (κ1) is 14.1. The summed E-state index contributed by atoms with van der Waals surface area (Å²) in [4.78, 5) is 7.57. The van der Waals surface area contributed by atoms with E-state index in [2.05, 4.69) is 9.97 Å². The van der Waals surface area contributed by atoms with E-state index in [-0.39, 0.29) is 28.5 Å². The van der Waals surface area contributed by atoms with Crippen molar-refractivity contribution < 1.29 is 10.2 Å². The molecule has 0 atom stereocenters. The predicted octanol–water partition coefficient (Wildman–Crippen LogP) is 3.73. The lowest BCUT2D eigenvalue weighted by atomic mass is 10.1. The molecule has 3 rings (SSSR count). The Morgan fingerprint density at radius 3 is 2.30 bits per heavy atom. The zero-order valence-corrected chi connectivity index (χ0v) is 12.2. The first-order valence-corrected chi connectivity index (χ1v) is 5.87. The molecule has 3 N–H and O–H groups in total. The van der Waals surface area contributed by atoms with Crippen molar-refractivity contribution in [2.75, 3.05) is 0 Å². The van der Waals surface area contributed by atoms with E-state index in [1.165, 1.54) is 12.1 Å². The van der Waals surface area contributed by atoms with Crippen molar-refractivity contribution >= 4 is 17.0 Å². The Morgan fingerprint density at radius 2 is 1.60 bits per heavy atom. The molecular weight excluding hydrogens is 320 g/mol. The van der Waals surface area contributed by atoms with Gasteiger partial charge in [0.05, 0.1) is 5.69 Å². The molecule has 0 aliphatic carbocycles. The molecule has 0 amide bonds. The smallest absolute Gasteiger partial charge is 0.158 e. The molecule has 0 bridgehead atoms. The number of benzene rings is 2. The molecule has 1 heterocycles. The number of nitrogens with one attached hydrogen (secondary N) is 1. The first-order chi connectivity index (χ1) is 9.24. The molecule has 4 nitrogen and oxygen atoms in total. The Kier molecular flexibility index (Phi) is 4.10. The fraction of sp³-hybridized carbons (Fsp3) is 0. The van der Waals surface area contributed by atoms with Crippen LogP contribution in [0.2, 0.25) is 0 Å². The van der Waals surface area contributed by atoms with Crippen LogP contribution in [0.4, 0.5) is 0 Å². The highest BCUT2D eigenvalue weighted by Gasteiger charge is 2.07. The number of phenolic OH excluding ortho intramolecular Hbond substituents is 2. The van der Waals surface area contributed by atoms with E-state index < -0.39 is 0 Å². The SMILES string of the molecule is Br.Oc1ccc(-c2c[nH]c(-c3ccccc3)n2)cc1O. The summed E-state index contributed by atoms with van der Waals surface area (Å²) in [5.74, 6) is 0.479. The van der Waals surface area contributed by atoms with Crippen molar-refractivity contribution in [1.82, 2.24) is 9.97 Å². The standard InChI is InChI=1S/C15H12N2O2.BrH/c18-13-7-6-11(8-14(13)19)12-9-16-15(17-12)10-4-2-1-3-5-10;/h1-9,18-19H,(H,16,17);1H. The van der Waals surface area contributed by atoms with Gasteiger partial charge in [0.1, 0.15) is 5.82 Å². The van der Waals surface area contributed by atoms with Crippen LogP contribution in [0.1, 0.15) is 0 Å². The van der Waals surface area contributed by atoms with Crippen LogP contribution in [0.5, 0.6) is 11.5 Å². The van der Waals surface area contributed by atoms with Crippen LogP contribution in [-0.4, -0.2) is 20.2 Å². The molecule has 0 aliphatic heterocycles. The number of rotatable bonds is 2. The fourth-order valence-electron chi connectivity index (χ4n) is 1.90. The fourth-order valence-corrected chi connectivity index (χ4v) is 1.90. The van der Waals surface area contributed by atoms with E-state index >= 15 is 0 Å². The maximum absolute atomic E-state index is 9.50. The average molecular weight is 333 g/mol. The second-order valence-electron chi connectivity index (χ2n) is 4.20. The molecule has 0 spiro atoms. The van der Waals surface area contributed by atoms with Crippen molar-refractivity contribution in [3.63, 3.8) is 0 Å². The van der Waals surface area contributed by atoms with Crippen LogP contribution < -0.4 is 0 Å². The van der Waals surface area contributed by atoms with Crippen molar-refractivity contribution in [2.24, 2.45) is 0 Å². The summed E-state index contributed by atoms with van der Waals surface area (Å²) in [5, 5.41) is 18.8. The summed E-state index contributed by atoms with van der Waals surface area (Å²) in [6, 6.07) is 14.4. The van der Waals surface area contributed by atoms with E-state index in [0.29, 0.717) is 5.69 Å². The summed E-state index contributed by atoms with van der Waals surface area (Å²) in [6.07, 6.45) is 1.77.